The molecule has 1 aliphatic carbocycles. The summed E-state index contributed by atoms with van der Waals surface area (Å²) in [7, 11) is 0. The molecule has 2 aliphatic rings. The van der Waals surface area contributed by atoms with E-state index in [1.54, 1.807) is 0 Å². The lowest BCUT2D eigenvalue weighted by atomic mass is 10.1. The third kappa shape index (κ3) is 2.47. The van der Waals surface area contributed by atoms with Crippen LogP contribution in [0.15, 0.2) is 24.3 Å². The Morgan fingerprint density at radius 2 is 1.94 bits per heavy atom. The van der Waals surface area contributed by atoms with E-state index in [2.05, 4.69) is 41.4 Å². The third-order valence-electron chi connectivity index (χ3n) is 4.10. The summed E-state index contributed by atoms with van der Waals surface area (Å²) >= 11 is 0. The first-order valence-electron chi connectivity index (χ1n) is 6.91. The van der Waals surface area contributed by atoms with Crippen molar-refractivity contribution in [3.05, 3.63) is 29.8 Å². The van der Waals surface area contributed by atoms with Crippen LogP contribution in [0.2, 0.25) is 0 Å². The number of anilines is 1. The number of nitrogens with one attached hydrogen (secondary N) is 1. The summed E-state index contributed by atoms with van der Waals surface area (Å²) in [5.41, 5.74) is 2.92. The molecule has 2 fully saturated rings. The minimum Gasteiger partial charge on any atom is -0.371 e. The predicted molar refractivity (Wildman–Crippen MR) is 72.3 cm³/mol. The molecule has 17 heavy (non-hydrogen) atoms. The van der Waals surface area contributed by atoms with Crippen LogP contribution >= 0.6 is 0 Å². The van der Waals surface area contributed by atoms with Gasteiger partial charge in [-0.1, -0.05) is 25.1 Å². The number of para-hydroxylation sites is 1. The van der Waals surface area contributed by atoms with E-state index in [0.717, 1.165) is 18.5 Å². The zero-order chi connectivity index (χ0) is 11.7. The fourth-order valence-corrected chi connectivity index (χ4v) is 2.77. The summed E-state index contributed by atoms with van der Waals surface area (Å²) in [5, 5.41) is 3.66. The summed E-state index contributed by atoms with van der Waals surface area (Å²) < 4.78 is 0. The van der Waals surface area contributed by atoms with Crippen molar-refractivity contribution in [2.24, 2.45) is 5.92 Å². The smallest absolute Gasteiger partial charge is 0.0411 e. The molecular formula is C15H22N2. The van der Waals surface area contributed by atoms with Crippen LogP contribution in [0, 0.1) is 5.92 Å². The summed E-state index contributed by atoms with van der Waals surface area (Å²) in [5.74, 6) is 0.883. The molecule has 1 heterocycles. The number of benzene rings is 1. The molecule has 92 valence electrons. The highest BCUT2D eigenvalue weighted by Gasteiger charge is 2.31. The normalized spacial score (nSPS) is 27.5. The van der Waals surface area contributed by atoms with Crippen molar-refractivity contribution in [2.45, 2.75) is 38.8 Å². The second kappa shape index (κ2) is 4.69. The van der Waals surface area contributed by atoms with Crippen molar-refractivity contribution in [3.63, 3.8) is 0 Å². The van der Waals surface area contributed by atoms with E-state index >= 15 is 0 Å². The molecule has 1 N–H and O–H groups in total. The first-order valence-corrected chi connectivity index (χ1v) is 6.91. The van der Waals surface area contributed by atoms with Gasteiger partial charge in [-0.05, 0) is 36.8 Å². The fourth-order valence-electron chi connectivity index (χ4n) is 2.77. The Balaban J connectivity index is 1.69. The van der Waals surface area contributed by atoms with Gasteiger partial charge in [-0.15, -0.1) is 0 Å². The number of hydrogen-bond donors (Lipinski definition) is 1. The molecular weight excluding hydrogens is 208 g/mol. The van der Waals surface area contributed by atoms with Crippen molar-refractivity contribution in [2.75, 3.05) is 18.0 Å². The van der Waals surface area contributed by atoms with Crippen molar-refractivity contribution >= 4 is 5.69 Å². The maximum atomic E-state index is 3.66. The van der Waals surface area contributed by atoms with E-state index in [9.17, 15) is 0 Å². The SMILES string of the molecule is CC1CC1NCc1ccccc1N1CCCC1. The lowest BCUT2D eigenvalue weighted by Crippen LogP contribution is -2.23. The van der Waals surface area contributed by atoms with Gasteiger partial charge in [-0.25, -0.2) is 0 Å². The molecule has 1 aliphatic heterocycles. The second-order valence-electron chi connectivity index (χ2n) is 5.52. The molecule has 1 aromatic carbocycles. The highest BCUT2D eigenvalue weighted by atomic mass is 15.1. The molecule has 3 rings (SSSR count). The van der Waals surface area contributed by atoms with E-state index in [4.69, 9.17) is 0 Å². The summed E-state index contributed by atoms with van der Waals surface area (Å²) in [6.45, 7) is 5.82. The molecule has 2 heteroatoms. The molecule has 0 radical (unpaired) electrons. The van der Waals surface area contributed by atoms with Gasteiger partial charge in [0, 0.05) is 31.4 Å². The Morgan fingerprint density at radius 3 is 2.65 bits per heavy atom. The molecule has 1 saturated heterocycles. The van der Waals surface area contributed by atoms with Gasteiger partial charge in [-0.2, -0.15) is 0 Å². The quantitative estimate of drug-likeness (QED) is 0.855. The summed E-state index contributed by atoms with van der Waals surface area (Å²) in [6, 6.07) is 9.64. The number of rotatable bonds is 4. The van der Waals surface area contributed by atoms with Gasteiger partial charge in [-0.3, -0.25) is 0 Å². The molecule has 0 aromatic heterocycles. The van der Waals surface area contributed by atoms with Gasteiger partial charge in [0.15, 0.2) is 0 Å². The van der Waals surface area contributed by atoms with Gasteiger partial charge in [0.1, 0.15) is 0 Å². The van der Waals surface area contributed by atoms with Gasteiger partial charge in [0.2, 0.25) is 0 Å². The van der Waals surface area contributed by atoms with Crippen LogP contribution in [0.3, 0.4) is 0 Å². The zero-order valence-corrected chi connectivity index (χ0v) is 10.7. The molecule has 2 atom stereocenters. The molecule has 2 nitrogen and oxygen atoms in total. The van der Waals surface area contributed by atoms with E-state index in [0.29, 0.717) is 0 Å². The zero-order valence-electron chi connectivity index (χ0n) is 10.7. The standard InChI is InChI=1S/C15H22N2/c1-12-10-14(12)16-11-13-6-2-3-7-15(13)17-8-4-5-9-17/h2-3,6-7,12,14,16H,4-5,8-11H2,1H3. The average molecular weight is 230 g/mol. The van der Waals surface area contributed by atoms with Crippen LogP contribution in [0.4, 0.5) is 5.69 Å². The van der Waals surface area contributed by atoms with Gasteiger partial charge in [0.25, 0.3) is 0 Å². The van der Waals surface area contributed by atoms with Crippen LogP contribution in [-0.2, 0) is 6.54 Å². The van der Waals surface area contributed by atoms with Gasteiger partial charge >= 0.3 is 0 Å². The van der Waals surface area contributed by atoms with Gasteiger partial charge < -0.3 is 10.2 Å². The largest absolute Gasteiger partial charge is 0.371 e. The minimum atomic E-state index is 0.765. The van der Waals surface area contributed by atoms with Crippen LogP contribution in [0.25, 0.3) is 0 Å². The molecule has 0 amide bonds. The highest BCUT2D eigenvalue weighted by molar-refractivity contribution is 5.54. The number of nitrogens with zero attached hydrogens (tertiary/aromatic N) is 1. The Bertz CT molecular complexity index is 382. The van der Waals surface area contributed by atoms with E-state index in [1.165, 1.54) is 43.6 Å². The second-order valence-corrected chi connectivity index (χ2v) is 5.52. The van der Waals surface area contributed by atoms with Crippen molar-refractivity contribution < 1.29 is 0 Å². The molecule has 0 spiro atoms. The van der Waals surface area contributed by atoms with E-state index < -0.39 is 0 Å². The lowest BCUT2D eigenvalue weighted by molar-refractivity contribution is 0.651. The van der Waals surface area contributed by atoms with E-state index in [1.807, 2.05) is 0 Å². The maximum Gasteiger partial charge on any atom is 0.0411 e. The van der Waals surface area contributed by atoms with Crippen LogP contribution in [0.1, 0.15) is 31.7 Å². The Morgan fingerprint density at radius 1 is 1.24 bits per heavy atom. The van der Waals surface area contributed by atoms with Crippen LogP contribution in [-0.4, -0.2) is 19.1 Å². The minimum absolute atomic E-state index is 0.765. The molecule has 0 bridgehead atoms. The van der Waals surface area contributed by atoms with Crippen molar-refractivity contribution in [3.8, 4) is 0 Å². The molecule has 2 unspecified atom stereocenters. The Hall–Kier alpha value is -1.02. The first-order chi connectivity index (χ1) is 8.34. The maximum absolute atomic E-state index is 3.66. The van der Waals surface area contributed by atoms with Crippen molar-refractivity contribution in [1.29, 1.82) is 0 Å². The summed E-state index contributed by atoms with van der Waals surface area (Å²) in [6.07, 6.45) is 4.05. The number of hydrogen-bond acceptors (Lipinski definition) is 2. The molecule has 1 saturated carbocycles. The molecule has 1 aromatic rings. The van der Waals surface area contributed by atoms with Crippen LogP contribution in [0.5, 0.6) is 0 Å². The lowest BCUT2D eigenvalue weighted by Gasteiger charge is -2.21. The third-order valence-corrected chi connectivity index (χ3v) is 4.10. The van der Waals surface area contributed by atoms with Gasteiger partial charge in [0.05, 0.1) is 0 Å². The first kappa shape index (κ1) is 11.1. The predicted octanol–water partition coefficient (Wildman–Crippen LogP) is 2.78. The van der Waals surface area contributed by atoms with Crippen molar-refractivity contribution in [1.82, 2.24) is 5.32 Å². The Labute approximate surface area is 104 Å². The van der Waals surface area contributed by atoms with E-state index in [-0.39, 0.29) is 0 Å². The monoisotopic (exact) mass is 230 g/mol. The topological polar surface area (TPSA) is 15.3 Å². The van der Waals surface area contributed by atoms with Crippen LogP contribution < -0.4 is 10.2 Å². The highest BCUT2D eigenvalue weighted by Crippen LogP contribution is 2.30. The Kier molecular flexibility index (Phi) is 3.06. The fraction of sp³-hybridized carbons (Fsp3) is 0.600. The average Bonchev–Trinajstić information content (AvgIpc) is 2.83. The summed E-state index contributed by atoms with van der Waals surface area (Å²) in [4.78, 5) is 2.54.